The number of aryl methyl sites for hydroxylation is 2. The summed E-state index contributed by atoms with van der Waals surface area (Å²) in [7, 11) is 1.98. The third kappa shape index (κ3) is 2.64. The average Bonchev–Trinajstić information content (AvgIpc) is 2.71. The summed E-state index contributed by atoms with van der Waals surface area (Å²) in [6, 6.07) is 0. The normalized spacial score (nSPS) is 10.7. The Labute approximate surface area is 111 Å². The van der Waals surface area contributed by atoms with Crippen molar-refractivity contribution in [2.45, 2.75) is 31.0 Å². The highest BCUT2D eigenvalue weighted by molar-refractivity contribution is 7.99. The zero-order valence-corrected chi connectivity index (χ0v) is 11.9. The van der Waals surface area contributed by atoms with Gasteiger partial charge in [-0.2, -0.15) is 0 Å². The van der Waals surface area contributed by atoms with Crippen LogP contribution >= 0.6 is 11.8 Å². The van der Waals surface area contributed by atoms with Crippen LogP contribution < -0.4 is 5.32 Å². The highest BCUT2D eigenvalue weighted by Crippen LogP contribution is 2.29. The molecule has 96 valence electrons. The molecule has 18 heavy (non-hydrogen) atoms. The van der Waals surface area contributed by atoms with Gasteiger partial charge in [0.25, 0.3) is 0 Å². The molecule has 2 aromatic heterocycles. The largest absolute Gasteiger partial charge is 0.370 e. The van der Waals surface area contributed by atoms with Gasteiger partial charge in [-0.25, -0.2) is 15.0 Å². The quantitative estimate of drug-likeness (QED) is 0.858. The molecule has 0 spiro atoms. The number of hydrogen-bond acceptors (Lipinski definition) is 5. The second-order valence-corrected chi connectivity index (χ2v) is 4.96. The van der Waals surface area contributed by atoms with Crippen LogP contribution in [0.15, 0.2) is 22.6 Å². The topological polar surface area (TPSA) is 55.6 Å². The van der Waals surface area contributed by atoms with Crippen molar-refractivity contribution >= 4 is 17.6 Å². The van der Waals surface area contributed by atoms with Gasteiger partial charge < -0.3 is 9.88 Å². The maximum atomic E-state index is 4.49. The van der Waals surface area contributed by atoms with E-state index in [-0.39, 0.29) is 0 Å². The van der Waals surface area contributed by atoms with Crippen LogP contribution in [0.4, 0.5) is 5.82 Å². The molecule has 0 atom stereocenters. The van der Waals surface area contributed by atoms with Crippen molar-refractivity contribution in [1.82, 2.24) is 19.5 Å². The Balaban J connectivity index is 2.35. The monoisotopic (exact) mass is 263 g/mol. The molecule has 2 rings (SSSR count). The van der Waals surface area contributed by atoms with Gasteiger partial charge in [-0.1, -0.05) is 0 Å². The Bertz CT molecular complexity index is 549. The fourth-order valence-corrected chi connectivity index (χ4v) is 2.50. The molecular formula is C12H17N5S. The van der Waals surface area contributed by atoms with Crippen molar-refractivity contribution in [1.29, 1.82) is 0 Å². The predicted molar refractivity (Wildman–Crippen MR) is 73.0 cm³/mol. The van der Waals surface area contributed by atoms with E-state index < -0.39 is 0 Å². The van der Waals surface area contributed by atoms with E-state index in [0.717, 1.165) is 33.9 Å². The maximum absolute atomic E-state index is 4.49. The first-order chi connectivity index (χ1) is 8.61. The van der Waals surface area contributed by atoms with Gasteiger partial charge in [-0.3, -0.25) is 0 Å². The van der Waals surface area contributed by atoms with Crippen molar-refractivity contribution in [3.63, 3.8) is 0 Å². The summed E-state index contributed by atoms with van der Waals surface area (Å²) in [6.07, 6.45) is 3.72. The van der Waals surface area contributed by atoms with Crippen molar-refractivity contribution in [2.24, 2.45) is 7.05 Å². The van der Waals surface area contributed by atoms with Crippen LogP contribution in [0.25, 0.3) is 0 Å². The van der Waals surface area contributed by atoms with Crippen molar-refractivity contribution in [3.8, 4) is 0 Å². The molecule has 0 radical (unpaired) electrons. The molecule has 2 heterocycles. The van der Waals surface area contributed by atoms with Gasteiger partial charge in [0.2, 0.25) is 0 Å². The number of nitrogens with zero attached hydrogens (tertiary/aromatic N) is 4. The van der Waals surface area contributed by atoms with Crippen LogP contribution in [0.3, 0.4) is 0 Å². The van der Waals surface area contributed by atoms with Crippen LogP contribution in [0.1, 0.15) is 18.3 Å². The standard InChI is InChI=1S/C12H17N5S/c1-5-13-10-8(2)11(16-9(3)15-10)18-12-14-6-7-17(12)4/h6-7H,5H2,1-4H3,(H,13,15,16). The number of rotatable bonds is 4. The van der Waals surface area contributed by atoms with Gasteiger partial charge >= 0.3 is 0 Å². The molecule has 0 aromatic carbocycles. The smallest absolute Gasteiger partial charge is 0.174 e. The van der Waals surface area contributed by atoms with Gasteiger partial charge in [0.05, 0.1) is 0 Å². The van der Waals surface area contributed by atoms with E-state index >= 15 is 0 Å². The van der Waals surface area contributed by atoms with E-state index in [2.05, 4.69) is 27.2 Å². The van der Waals surface area contributed by atoms with Crippen LogP contribution in [-0.4, -0.2) is 26.1 Å². The summed E-state index contributed by atoms with van der Waals surface area (Å²) in [5.74, 6) is 1.68. The van der Waals surface area contributed by atoms with E-state index in [9.17, 15) is 0 Å². The predicted octanol–water partition coefficient (Wildman–Crippen LogP) is 2.41. The average molecular weight is 263 g/mol. The summed E-state index contributed by atoms with van der Waals surface area (Å²) >= 11 is 1.56. The van der Waals surface area contributed by atoms with E-state index in [1.165, 1.54) is 0 Å². The molecule has 2 aromatic rings. The molecule has 0 bridgehead atoms. The molecule has 0 fully saturated rings. The number of imidazole rings is 1. The zero-order valence-electron chi connectivity index (χ0n) is 11.1. The minimum atomic E-state index is 0.772. The molecular weight excluding hydrogens is 246 g/mol. The molecule has 6 heteroatoms. The van der Waals surface area contributed by atoms with Gasteiger partial charge in [0.1, 0.15) is 16.7 Å². The lowest BCUT2D eigenvalue weighted by molar-refractivity contribution is 0.787. The van der Waals surface area contributed by atoms with Crippen LogP contribution in [0.2, 0.25) is 0 Å². The third-order valence-electron chi connectivity index (χ3n) is 2.52. The van der Waals surface area contributed by atoms with Gasteiger partial charge in [-0.05, 0) is 32.5 Å². The van der Waals surface area contributed by atoms with Crippen molar-refractivity contribution in [2.75, 3.05) is 11.9 Å². The van der Waals surface area contributed by atoms with Gasteiger partial charge in [0.15, 0.2) is 5.16 Å². The van der Waals surface area contributed by atoms with E-state index in [1.807, 2.05) is 31.7 Å². The van der Waals surface area contributed by atoms with E-state index in [0.29, 0.717) is 0 Å². The number of nitrogens with one attached hydrogen (secondary N) is 1. The maximum Gasteiger partial charge on any atom is 0.174 e. The van der Waals surface area contributed by atoms with Crippen LogP contribution in [-0.2, 0) is 7.05 Å². The van der Waals surface area contributed by atoms with Gasteiger partial charge in [-0.15, -0.1) is 0 Å². The molecule has 1 N–H and O–H groups in total. The Morgan fingerprint density at radius 2 is 2.11 bits per heavy atom. The molecule has 0 aliphatic carbocycles. The number of aromatic nitrogens is 4. The molecule has 0 aliphatic rings. The molecule has 0 aliphatic heterocycles. The third-order valence-corrected chi connectivity index (χ3v) is 3.69. The van der Waals surface area contributed by atoms with Crippen LogP contribution in [0.5, 0.6) is 0 Å². The molecule has 0 amide bonds. The first kappa shape index (κ1) is 12.9. The second kappa shape index (κ2) is 5.39. The van der Waals surface area contributed by atoms with E-state index in [1.54, 1.807) is 18.0 Å². The molecule has 0 saturated heterocycles. The summed E-state index contributed by atoms with van der Waals surface area (Å²) in [5, 5.41) is 5.14. The minimum Gasteiger partial charge on any atom is -0.370 e. The first-order valence-electron chi connectivity index (χ1n) is 5.86. The number of anilines is 1. The summed E-state index contributed by atoms with van der Waals surface area (Å²) in [4.78, 5) is 13.2. The zero-order chi connectivity index (χ0) is 13.1. The lowest BCUT2D eigenvalue weighted by Gasteiger charge is -2.11. The molecule has 0 unspecified atom stereocenters. The Hall–Kier alpha value is -1.56. The first-order valence-corrected chi connectivity index (χ1v) is 6.67. The summed E-state index contributed by atoms with van der Waals surface area (Å²) in [5.41, 5.74) is 1.07. The van der Waals surface area contributed by atoms with Crippen molar-refractivity contribution < 1.29 is 0 Å². The minimum absolute atomic E-state index is 0.772. The van der Waals surface area contributed by atoms with Crippen LogP contribution in [0, 0.1) is 13.8 Å². The second-order valence-electron chi connectivity index (χ2n) is 4.00. The summed E-state index contributed by atoms with van der Waals surface area (Å²) < 4.78 is 1.98. The van der Waals surface area contributed by atoms with Gasteiger partial charge in [0, 0.05) is 31.5 Å². The Kier molecular flexibility index (Phi) is 3.86. The summed E-state index contributed by atoms with van der Waals surface area (Å²) in [6.45, 7) is 6.84. The van der Waals surface area contributed by atoms with Crippen molar-refractivity contribution in [3.05, 3.63) is 23.8 Å². The SMILES string of the molecule is CCNc1nc(C)nc(Sc2nccn2C)c1C. The Morgan fingerprint density at radius 1 is 1.33 bits per heavy atom. The highest BCUT2D eigenvalue weighted by atomic mass is 32.2. The number of hydrogen-bond donors (Lipinski definition) is 1. The fourth-order valence-electron chi connectivity index (χ4n) is 1.58. The lowest BCUT2D eigenvalue weighted by Crippen LogP contribution is -2.06. The van der Waals surface area contributed by atoms with E-state index in [4.69, 9.17) is 0 Å². The highest BCUT2D eigenvalue weighted by Gasteiger charge is 2.12. The lowest BCUT2D eigenvalue weighted by atomic mass is 10.3. The fraction of sp³-hybridized carbons (Fsp3) is 0.417. The Morgan fingerprint density at radius 3 is 2.72 bits per heavy atom. The molecule has 0 saturated carbocycles. The molecule has 5 nitrogen and oxygen atoms in total.